The summed E-state index contributed by atoms with van der Waals surface area (Å²) in [5, 5.41) is 5.76. The van der Waals surface area contributed by atoms with Crippen molar-refractivity contribution in [1.29, 1.82) is 0 Å². The fourth-order valence-corrected chi connectivity index (χ4v) is 2.99. The van der Waals surface area contributed by atoms with Gasteiger partial charge < -0.3 is 16.4 Å². The van der Waals surface area contributed by atoms with Crippen LogP contribution in [-0.4, -0.2) is 27.4 Å². The summed E-state index contributed by atoms with van der Waals surface area (Å²) >= 11 is 0. The van der Waals surface area contributed by atoms with Crippen molar-refractivity contribution >= 4 is 28.9 Å². The van der Waals surface area contributed by atoms with Gasteiger partial charge in [0.05, 0.1) is 6.54 Å². The van der Waals surface area contributed by atoms with Crippen molar-refractivity contribution in [3.63, 3.8) is 0 Å². The van der Waals surface area contributed by atoms with Gasteiger partial charge in [-0.3, -0.25) is 23.5 Å². The van der Waals surface area contributed by atoms with E-state index in [9.17, 15) is 19.2 Å². The average Bonchev–Trinajstić information content (AvgIpc) is 2.69. The highest BCUT2D eigenvalue weighted by atomic mass is 16.2. The van der Waals surface area contributed by atoms with E-state index >= 15 is 0 Å². The summed E-state index contributed by atoms with van der Waals surface area (Å²) in [6.45, 7) is 7.54. The Labute approximate surface area is 174 Å². The second-order valence-electron chi connectivity index (χ2n) is 7.62. The molecular formula is C21H29N5O4. The van der Waals surface area contributed by atoms with Crippen LogP contribution in [-0.2, 0) is 18.4 Å². The van der Waals surface area contributed by atoms with Crippen LogP contribution in [0, 0.1) is 12.8 Å². The number of anilines is 3. The minimum absolute atomic E-state index is 0.104. The first-order valence-electron chi connectivity index (χ1n) is 9.83. The summed E-state index contributed by atoms with van der Waals surface area (Å²) in [5.74, 6) is -0.658. The number of aryl methyl sites for hydroxylation is 1. The van der Waals surface area contributed by atoms with Gasteiger partial charge in [-0.2, -0.15) is 0 Å². The topological polar surface area (TPSA) is 128 Å². The normalized spacial score (nSPS) is 10.9. The third-order valence-corrected chi connectivity index (χ3v) is 4.69. The number of nitrogens with two attached hydrogens (primary N) is 1. The van der Waals surface area contributed by atoms with E-state index in [4.69, 9.17) is 5.73 Å². The quantitative estimate of drug-likeness (QED) is 0.563. The maximum absolute atomic E-state index is 12.8. The lowest BCUT2D eigenvalue weighted by Crippen LogP contribution is -2.43. The zero-order valence-electron chi connectivity index (χ0n) is 18.0. The van der Waals surface area contributed by atoms with E-state index in [0.29, 0.717) is 24.3 Å². The van der Waals surface area contributed by atoms with Crippen LogP contribution >= 0.6 is 0 Å². The maximum Gasteiger partial charge on any atom is 0.332 e. The maximum atomic E-state index is 12.8. The van der Waals surface area contributed by atoms with Crippen molar-refractivity contribution in [3.8, 4) is 0 Å². The minimum atomic E-state index is -0.718. The molecule has 30 heavy (non-hydrogen) atoms. The molecule has 2 aromatic rings. The van der Waals surface area contributed by atoms with Gasteiger partial charge in [-0.05, 0) is 30.5 Å². The Morgan fingerprint density at radius 1 is 1.20 bits per heavy atom. The standard InChI is InChI=1S/C21H29N5O4/c1-6-17(28)24-14-8-7-13(4)15(9-14)23-10-16(27)18-19(22)26(11-12(2)3)21(30)25(5)20(18)29/h7-9,12,23H,6,10-11,22H2,1-5H3,(H,24,28). The number of rotatable bonds is 8. The third kappa shape index (κ3) is 4.97. The van der Waals surface area contributed by atoms with Gasteiger partial charge in [0.2, 0.25) is 5.91 Å². The summed E-state index contributed by atoms with van der Waals surface area (Å²) < 4.78 is 2.16. The Morgan fingerprint density at radius 2 is 1.87 bits per heavy atom. The van der Waals surface area contributed by atoms with Crippen LogP contribution in [0.15, 0.2) is 27.8 Å². The lowest BCUT2D eigenvalue weighted by molar-refractivity contribution is -0.115. The third-order valence-electron chi connectivity index (χ3n) is 4.69. The Hall–Kier alpha value is -3.36. The van der Waals surface area contributed by atoms with Gasteiger partial charge in [0.15, 0.2) is 5.78 Å². The molecular weight excluding hydrogens is 386 g/mol. The highest BCUT2D eigenvalue weighted by molar-refractivity contribution is 6.02. The van der Waals surface area contributed by atoms with Crippen molar-refractivity contribution in [1.82, 2.24) is 9.13 Å². The number of hydrogen-bond donors (Lipinski definition) is 3. The van der Waals surface area contributed by atoms with Crippen molar-refractivity contribution in [3.05, 3.63) is 50.2 Å². The number of carbonyl (C=O) groups excluding carboxylic acids is 2. The van der Waals surface area contributed by atoms with E-state index in [-0.39, 0.29) is 29.8 Å². The molecule has 0 unspecified atom stereocenters. The molecule has 9 nitrogen and oxygen atoms in total. The highest BCUT2D eigenvalue weighted by Gasteiger charge is 2.21. The largest absolute Gasteiger partial charge is 0.384 e. The molecule has 1 aromatic carbocycles. The zero-order chi connectivity index (χ0) is 22.6. The van der Waals surface area contributed by atoms with E-state index in [2.05, 4.69) is 10.6 Å². The van der Waals surface area contributed by atoms with Gasteiger partial charge in [-0.15, -0.1) is 0 Å². The highest BCUT2D eigenvalue weighted by Crippen LogP contribution is 2.20. The van der Waals surface area contributed by atoms with Crippen molar-refractivity contribution < 1.29 is 9.59 Å². The zero-order valence-corrected chi connectivity index (χ0v) is 18.0. The summed E-state index contributed by atoms with van der Waals surface area (Å²) in [7, 11) is 1.33. The molecule has 0 fully saturated rings. The van der Waals surface area contributed by atoms with Crippen LogP contribution in [0.3, 0.4) is 0 Å². The molecule has 2 rings (SSSR count). The van der Waals surface area contributed by atoms with Crippen LogP contribution < -0.4 is 27.6 Å². The second-order valence-corrected chi connectivity index (χ2v) is 7.62. The second kappa shape index (κ2) is 9.43. The summed E-state index contributed by atoms with van der Waals surface area (Å²) in [6.07, 6.45) is 0.351. The van der Waals surface area contributed by atoms with Gasteiger partial charge in [-0.25, -0.2) is 4.79 Å². The van der Waals surface area contributed by atoms with Gasteiger partial charge in [0.25, 0.3) is 5.56 Å². The van der Waals surface area contributed by atoms with Crippen molar-refractivity contribution in [2.45, 2.75) is 40.7 Å². The molecule has 0 saturated heterocycles. The minimum Gasteiger partial charge on any atom is -0.384 e. The Kier molecular flexibility index (Phi) is 7.20. The van der Waals surface area contributed by atoms with E-state index in [0.717, 1.165) is 10.1 Å². The number of Topliss-reactive ketones (excluding diaryl/α,β-unsaturated/α-hetero) is 1. The van der Waals surface area contributed by atoms with Gasteiger partial charge in [-0.1, -0.05) is 26.8 Å². The fraction of sp³-hybridized carbons (Fsp3) is 0.429. The van der Waals surface area contributed by atoms with Crippen LogP contribution in [0.5, 0.6) is 0 Å². The molecule has 0 saturated carbocycles. The molecule has 0 spiro atoms. The van der Waals surface area contributed by atoms with Crippen LogP contribution in [0.25, 0.3) is 0 Å². The van der Waals surface area contributed by atoms with Crippen LogP contribution in [0.4, 0.5) is 17.2 Å². The molecule has 162 valence electrons. The number of nitrogen functional groups attached to an aromatic ring is 1. The molecule has 1 amide bonds. The lowest BCUT2D eigenvalue weighted by atomic mass is 10.1. The van der Waals surface area contributed by atoms with E-state index < -0.39 is 17.0 Å². The van der Waals surface area contributed by atoms with Gasteiger partial charge in [0.1, 0.15) is 11.4 Å². The fourth-order valence-electron chi connectivity index (χ4n) is 2.99. The first-order chi connectivity index (χ1) is 14.1. The molecule has 0 radical (unpaired) electrons. The molecule has 0 aliphatic rings. The summed E-state index contributed by atoms with van der Waals surface area (Å²) in [4.78, 5) is 49.4. The molecule has 9 heteroatoms. The number of aromatic nitrogens is 2. The van der Waals surface area contributed by atoms with Crippen LogP contribution in [0.2, 0.25) is 0 Å². The SMILES string of the molecule is CCC(=O)Nc1ccc(C)c(NCC(=O)c2c(N)n(CC(C)C)c(=O)n(C)c2=O)c1. The van der Waals surface area contributed by atoms with Crippen LogP contribution in [0.1, 0.15) is 43.1 Å². The number of ketones is 1. The molecule has 0 aliphatic heterocycles. The lowest BCUT2D eigenvalue weighted by Gasteiger charge is -2.17. The monoisotopic (exact) mass is 415 g/mol. The van der Waals surface area contributed by atoms with Gasteiger partial charge >= 0.3 is 5.69 Å². The number of carbonyl (C=O) groups is 2. The average molecular weight is 415 g/mol. The summed E-state index contributed by atoms with van der Waals surface area (Å²) in [5.41, 5.74) is 6.68. The first-order valence-corrected chi connectivity index (χ1v) is 9.83. The molecule has 4 N–H and O–H groups in total. The number of hydrogen-bond acceptors (Lipinski definition) is 6. The number of nitrogens with zero attached hydrogens (tertiary/aromatic N) is 2. The molecule has 0 aliphatic carbocycles. The summed E-state index contributed by atoms with van der Waals surface area (Å²) in [6, 6.07) is 5.30. The van der Waals surface area contributed by atoms with E-state index in [1.807, 2.05) is 26.8 Å². The Morgan fingerprint density at radius 3 is 2.47 bits per heavy atom. The van der Waals surface area contributed by atoms with Crippen molar-refractivity contribution in [2.75, 3.05) is 22.9 Å². The van der Waals surface area contributed by atoms with E-state index in [1.54, 1.807) is 19.1 Å². The Bertz CT molecular complexity index is 1080. The Balaban J connectivity index is 2.32. The van der Waals surface area contributed by atoms with E-state index in [1.165, 1.54) is 11.6 Å². The predicted molar refractivity (Wildman–Crippen MR) is 118 cm³/mol. The number of nitrogens with one attached hydrogen (secondary N) is 2. The molecule has 0 bridgehead atoms. The molecule has 0 atom stereocenters. The van der Waals surface area contributed by atoms with Crippen molar-refractivity contribution in [2.24, 2.45) is 13.0 Å². The number of amides is 1. The number of benzene rings is 1. The molecule has 1 aromatic heterocycles. The molecule has 1 heterocycles. The smallest absolute Gasteiger partial charge is 0.332 e. The predicted octanol–water partition coefficient (Wildman–Crippen LogP) is 1.74. The first kappa shape index (κ1) is 22.9. The van der Waals surface area contributed by atoms with Gasteiger partial charge in [0, 0.05) is 31.4 Å².